The summed E-state index contributed by atoms with van der Waals surface area (Å²) in [6.07, 6.45) is 15.6. The fourth-order valence-corrected chi connectivity index (χ4v) is 6.11. The van der Waals surface area contributed by atoms with Crippen LogP contribution in [0, 0.1) is 12.8 Å². The Bertz CT molecular complexity index is 1040. The smallest absolute Gasteiger partial charge is 0.349 e. The zero-order valence-electron chi connectivity index (χ0n) is 21.2. The van der Waals surface area contributed by atoms with Gasteiger partial charge in [0, 0.05) is 17.2 Å². The highest BCUT2D eigenvalue weighted by atomic mass is 16.2. The zero-order chi connectivity index (χ0) is 24.2. The van der Waals surface area contributed by atoms with Gasteiger partial charge in [0.05, 0.1) is 23.1 Å². The number of hydrogen-bond acceptors (Lipinski definition) is 3. The summed E-state index contributed by atoms with van der Waals surface area (Å²) in [4.78, 5) is 16.3. The number of hydrazone groups is 1. The summed E-state index contributed by atoms with van der Waals surface area (Å²) in [7, 11) is 0. The second-order valence-electron chi connectivity index (χ2n) is 10.7. The first-order valence-corrected chi connectivity index (χ1v) is 13.8. The molecule has 0 spiro atoms. The number of hydrogen-bond donors (Lipinski definition) is 1. The van der Waals surface area contributed by atoms with E-state index in [0.29, 0.717) is 11.6 Å². The number of nitrogen functional groups attached to an aromatic ring is 1. The Balaban J connectivity index is 1.64. The van der Waals surface area contributed by atoms with Crippen molar-refractivity contribution in [1.29, 1.82) is 0 Å². The summed E-state index contributed by atoms with van der Waals surface area (Å²) >= 11 is 0. The molecular weight excluding hydrogens is 432 g/mol. The minimum absolute atomic E-state index is 0.0309. The molecule has 5 rings (SSSR count). The molecule has 0 aromatic heterocycles. The van der Waals surface area contributed by atoms with Gasteiger partial charge in [-0.15, -0.1) is 0 Å². The zero-order valence-corrected chi connectivity index (χ0v) is 21.2. The lowest BCUT2D eigenvalue weighted by atomic mass is 9.82. The molecule has 35 heavy (non-hydrogen) atoms. The minimum atomic E-state index is -0.0309. The Morgan fingerprint density at radius 3 is 2.09 bits per heavy atom. The Kier molecular flexibility index (Phi) is 7.40. The number of carbonyl (C=O) groups is 1. The third-order valence-electron chi connectivity index (χ3n) is 8.09. The summed E-state index contributed by atoms with van der Waals surface area (Å²) in [5.41, 5.74) is 11.9. The Labute approximate surface area is 210 Å². The van der Waals surface area contributed by atoms with Gasteiger partial charge in [0.25, 0.3) is 0 Å². The van der Waals surface area contributed by atoms with Gasteiger partial charge in [-0.1, -0.05) is 69.9 Å². The van der Waals surface area contributed by atoms with Gasteiger partial charge < -0.3 is 5.73 Å². The van der Waals surface area contributed by atoms with Gasteiger partial charge >= 0.3 is 6.03 Å². The van der Waals surface area contributed by atoms with Crippen molar-refractivity contribution >= 4 is 28.8 Å². The molecular formula is C30H40N4O. The van der Waals surface area contributed by atoms with Crippen molar-refractivity contribution < 1.29 is 4.79 Å². The van der Waals surface area contributed by atoms with E-state index in [0.717, 1.165) is 66.7 Å². The molecule has 2 aromatic rings. The van der Waals surface area contributed by atoms with Crippen molar-refractivity contribution in [2.75, 3.05) is 10.6 Å². The molecule has 0 radical (unpaired) electrons. The lowest BCUT2D eigenvalue weighted by Crippen LogP contribution is -2.43. The number of nitrogens with zero attached hydrogens (tertiary/aromatic N) is 3. The van der Waals surface area contributed by atoms with Crippen LogP contribution in [0.5, 0.6) is 0 Å². The van der Waals surface area contributed by atoms with E-state index < -0.39 is 0 Å². The molecule has 0 atom stereocenters. The van der Waals surface area contributed by atoms with Gasteiger partial charge in [0.2, 0.25) is 0 Å². The van der Waals surface area contributed by atoms with Gasteiger partial charge in [-0.05, 0) is 68.5 Å². The third-order valence-corrected chi connectivity index (χ3v) is 8.09. The van der Waals surface area contributed by atoms with E-state index in [2.05, 4.69) is 25.1 Å². The highest BCUT2D eigenvalue weighted by Crippen LogP contribution is 2.39. The number of anilines is 3. The van der Waals surface area contributed by atoms with Crippen molar-refractivity contribution in [3.63, 3.8) is 0 Å². The normalized spacial score (nSPS) is 20.9. The molecule has 5 heteroatoms. The van der Waals surface area contributed by atoms with Gasteiger partial charge in [-0.2, -0.15) is 5.10 Å². The van der Waals surface area contributed by atoms with Crippen LogP contribution < -0.4 is 10.6 Å². The van der Waals surface area contributed by atoms with Crippen LogP contribution in [0.15, 0.2) is 47.6 Å². The molecule has 2 saturated carbocycles. The summed E-state index contributed by atoms with van der Waals surface area (Å²) < 4.78 is 0. The first-order valence-electron chi connectivity index (χ1n) is 13.8. The maximum absolute atomic E-state index is 14.4. The van der Waals surface area contributed by atoms with E-state index >= 15 is 0 Å². The van der Waals surface area contributed by atoms with E-state index in [1.165, 1.54) is 44.9 Å². The first kappa shape index (κ1) is 23.9. The van der Waals surface area contributed by atoms with Crippen molar-refractivity contribution in [1.82, 2.24) is 5.01 Å². The van der Waals surface area contributed by atoms with Crippen LogP contribution in [0.2, 0.25) is 0 Å². The lowest BCUT2D eigenvalue weighted by Gasteiger charge is -2.32. The number of aryl methyl sites for hydroxylation is 1. The molecule has 2 aromatic carbocycles. The molecule has 3 aliphatic rings. The van der Waals surface area contributed by atoms with Gasteiger partial charge in [-0.3, -0.25) is 4.90 Å². The Morgan fingerprint density at radius 2 is 1.40 bits per heavy atom. The van der Waals surface area contributed by atoms with Crippen LogP contribution in [0.3, 0.4) is 0 Å². The van der Waals surface area contributed by atoms with Crippen LogP contribution in [0.25, 0.3) is 0 Å². The Hall–Kier alpha value is -2.82. The molecule has 0 saturated heterocycles. The summed E-state index contributed by atoms with van der Waals surface area (Å²) in [5, 5.41) is 7.20. The molecule has 2 N–H and O–H groups in total. The molecule has 1 aliphatic heterocycles. The minimum Gasteiger partial charge on any atom is -0.399 e. The second-order valence-corrected chi connectivity index (χ2v) is 10.7. The third kappa shape index (κ3) is 5.24. The van der Waals surface area contributed by atoms with Gasteiger partial charge in [0.15, 0.2) is 0 Å². The number of nitrogens with two attached hydrogens (primary N) is 1. The Morgan fingerprint density at radius 1 is 0.800 bits per heavy atom. The molecule has 186 valence electrons. The van der Waals surface area contributed by atoms with E-state index in [4.69, 9.17) is 10.8 Å². The van der Waals surface area contributed by atoms with E-state index in [9.17, 15) is 4.79 Å². The first-order chi connectivity index (χ1) is 17.1. The summed E-state index contributed by atoms with van der Waals surface area (Å²) in [5.74, 6) is 0.406. The molecule has 0 unspecified atom stereocenters. The number of carbonyl (C=O) groups excluding carboxylic acids is 1. The van der Waals surface area contributed by atoms with E-state index in [1.54, 1.807) is 0 Å². The highest BCUT2D eigenvalue weighted by Gasteiger charge is 2.37. The van der Waals surface area contributed by atoms with E-state index in [1.807, 2.05) is 34.2 Å². The second kappa shape index (κ2) is 10.8. The van der Waals surface area contributed by atoms with Crippen molar-refractivity contribution in [3.8, 4) is 0 Å². The molecule has 2 fully saturated rings. The fraction of sp³-hybridized carbons (Fsp3) is 0.533. The highest BCUT2D eigenvalue weighted by molar-refractivity contribution is 6.14. The van der Waals surface area contributed by atoms with Crippen LogP contribution in [0.4, 0.5) is 21.9 Å². The van der Waals surface area contributed by atoms with E-state index in [-0.39, 0.29) is 12.1 Å². The average molecular weight is 473 g/mol. The quantitative estimate of drug-likeness (QED) is 0.461. The molecule has 2 amide bonds. The van der Waals surface area contributed by atoms with Crippen LogP contribution in [-0.4, -0.2) is 22.8 Å². The average Bonchev–Trinajstić information content (AvgIpc) is 2.94. The van der Waals surface area contributed by atoms with Crippen LogP contribution >= 0.6 is 0 Å². The molecule has 1 heterocycles. The molecule has 5 nitrogen and oxygen atoms in total. The maximum Gasteiger partial charge on any atom is 0.349 e. The SMILES string of the molecule is Cc1ccc2c(c1)N(c1ccc(N)cc1)C(=O)N(C1CCCCCCCC1)N=C2C1CCCCC1. The van der Waals surface area contributed by atoms with Crippen molar-refractivity contribution in [3.05, 3.63) is 53.6 Å². The van der Waals surface area contributed by atoms with Crippen LogP contribution in [-0.2, 0) is 0 Å². The summed E-state index contributed by atoms with van der Waals surface area (Å²) in [6, 6.07) is 14.3. The number of fused-ring (bicyclic) bond motifs is 1. The lowest BCUT2D eigenvalue weighted by molar-refractivity contribution is 0.176. The predicted molar refractivity (Wildman–Crippen MR) is 145 cm³/mol. The molecule has 2 aliphatic carbocycles. The number of benzene rings is 2. The fourth-order valence-electron chi connectivity index (χ4n) is 6.11. The predicted octanol–water partition coefficient (Wildman–Crippen LogP) is 7.94. The van der Waals surface area contributed by atoms with Crippen molar-refractivity contribution in [2.45, 2.75) is 96.4 Å². The standard InChI is InChI=1S/C30H40N4O/c1-22-15-20-27-28(21-22)33(25-18-16-24(31)17-19-25)30(35)34(26-13-9-4-2-3-5-10-14-26)32-29(27)23-11-7-6-8-12-23/h15-21,23,26H,2-14,31H2,1H3. The number of rotatable bonds is 3. The number of amides is 2. The van der Waals surface area contributed by atoms with Gasteiger partial charge in [-0.25, -0.2) is 9.80 Å². The maximum atomic E-state index is 14.4. The van der Waals surface area contributed by atoms with Gasteiger partial charge in [0.1, 0.15) is 0 Å². The van der Waals surface area contributed by atoms with Crippen LogP contribution in [0.1, 0.15) is 94.6 Å². The summed E-state index contributed by atoms with van der Waals surface area (Å²) in [6.45, 7) is 2.10. The number of urea groups is 1. The monoisotopic (exact) mass is 472 g/mol. The topological polar surface area (TPSA) is 61.9 Å². The largest absolute Gasteiger partial charge is 0.399 e. The van der Waals surface area contributed by atoms with Crippen molar-refractivity contribution in [2.24, 2.45) is 11.0 Å². The molecule has 0 bridgehead atoms.